The van der Waals surface area contributed by atoms with E-state index in [9.17, 15) is 34.8 Å². The van der Waals surface area contributed by atoms with Gasteiger partial charge in [-0.05, 0) is 57.5 Å². The van der Waals surface area contributed by atoms with Gasteiger partial charge in [0.05, 0.1) is 11.6 Å². The number of carbonyl (C=O) groups excluding carboxylic acids is 3. The molecule has 33 heavy (non-hydrogen) atoms. The normalized spacial score (nSPS) is 29.1. The molecule has 0 aliphatic heterocycles. The average Bonchev–Trinajstić information content (AvgIpc) is 2.70. The van der Waals surface area contributed by atoms with Crippen molar-refractivity contribution in [2.75, 3.05) is 33.1 Å². The third kappa shape index (κ3) is 2.95. The summed E-state index contributed by atoms with van der Waals surface area (Å²) in [5.74, 6) is -5.60. The second-order valence-electron chi connectivity index (χ2n) is 9.51. The molecule has 3 aliphatic carbocycles. The van der Waals surface area contributed by atoms with E-state index >= 15 is 0 Å². The molecule has 0 heterocycles. The zero-order valence-corrected chi connectivity index (χ0v) is 19.2. The number of fused-ring (bicyclic) bond motifs is 3. The molecule has 1 saturated carbocycles. The highest BCUT2D eigenvalue weighted by Crippen LogP contribution is 2.53. The van der Waals surface area contributed by atoms with Crippen LogP contribution in [0.5, 0.6) is 5.75 Å². The molecular formula is C24H28N2O7. The van der Waals surface area contributed by atoms with E-state index in [1.54, 1.807) is 20.2 Å². The maximum Gasteiger partial charge on any atom is 0.202 e. The standard InChI is InChI=1S/C24H28N2O7/c1-10(27)16-21(30)19(26(4)5)13-9-11-8-12-14(25(2)3)6-7-15(28)18(12)20(29)17(11)23(32)24(13,33)22(16)31/h6-7,11,13,19,28-29,31,33H,8-9H2,1-5H3/t11-,13-,19-,24+/m0/s1. The van der Waals surface area contributed by atoms with Gasteiger partial charge >= 0.3 is 0 Å². The number of hydrogen-bond donors (Lipinski definition) is 4. The molecular weight excluding hydrogens is 428 g/mol. The minimum absolute atomic E-state index is 0.105. The highest BCUT2D eigenvalue weighted by molar-refractivity contribution is 6.25. The third-order valence-corrected chi connectivity index (χ3v) is 7.17. The number of likely N-dealkylation sites (N-methyl/N-ethyl adjacent to an activating group) is 1. The average molecular weight is 456 g/mol. The largest absolute Gasteiger partial charge is 0.508 e. The lowest BCUT2D eigenvalue weighted by Gasteiger charge is -2.50. The predicted octanol–water partition coefficient (Wildman–Crippen LogP) is 1.13. The molecule has 1 fully saturated rings. The number of aromatic hydroxyl groups is 1. The molecule has 0 radical (unpaired) electrons. The fraction of sp³-hybridized carbons (Fsp3) is 0.458. The first kappa shape index (κ1) is 23.0. The third-order valence-electron chi connectivity index (χ3n) is 7.17. The Morgan fingerprint density at radius 1 is 1.09 bits per heavy atom. The number of nitrogens with zero attached hydrogens (tertiary/aromatic N) is 2. The number of phenolic OH excluding ortho intramolecular Hbond substituents is 1. The lowest BCUT2D eigenvalue weighted by atomic mass is 9.57. The van der Waals surface area contributed by atoms with Gasteiger partial charge < -0.3 is 25.3 Å². The fourth-order valence-corrected chi connectivity index (χ4v) is 5.75. The lowest BCUT2D eigenvalue weighted by Crippen LogP contribution is -2.65. The van der Waals surface area contributed by atoms with Gasteiger partial charge in [0.1, 0.15) is 22.8 Å². The first-order valence-electron chi connectivity index (χ1n) is 10.7. The van der Waals surface area contributed by atoms with Gasteiger partial charge in [-0.3, -0.25) is 19.3 Å². The molecule has 0 amide bonds. The van der Waals surface area contributed by atoms with E-state index in [4.69, 9.17) is 0 Å². The van der Waals surface area contributed by atoms with Crippen molar-refractivity contribution in [2.24, 2.45) is 11.8 Å². The maximum atomic E-state index is 13.7. The quantitative estimate of drug-likeness (QED) is 0.493. The first-order valence-corrected chi connectivity index (χ1v) is 10.7. The van der Waals surface area contributed by atoms with Gasteiger partial charge in [-0.1, -0.05) is 0 Å². The highest BCUT2D eigenvalue weighted by Gasteiger charge is 2.64. The van der Waals surface area contributed by atoms with Gasteiger partial charge in [-0.25, -0.2) is 0 Å². The van der Waals surface area contributed by atoms with Crippen molar-refractivity contribution in [1.82, 2.24) is 4.90 Å². The summed E-state index contributed by atoms with van der Waals surface area (Å²) in [6.45, 7) is 1.09. The number of Topliss-reactive ketones (excluding diaryl/α,β-unsaturated/α-hetero) is 3. The Morgan fingerprint density at radius 2 is 1.73 bits per heavy atom. The van der Waals surface area contributed by atoms with Crippen LogP contribution < -0.4 is 4.90 Å². The second-order valence-corrected chi connectivity index (χ2v) is 9.51. The summed E-state index contributed by atoms with van der Waals surface area (Å²) < 4.78 is 0. The van der Waals surface area contributed by atoms with Crippen LogP contribution in [0.15, 0.2) is 29.0 Å². The Bertz CT molecular complexity index is 1160. The molecule has 9 nitrogen and oxygen atoms in total. The molecule has 0 spiro atoms. The number of carbonyl (C=O) groups is 3. The Kier molecular flexibility index (Phi) is 5.18. The Morgan fingerprint density at radius 3 is 2.27 bits per heavy atom. The van der Waals surface area contributed by atoms with Gasteiger partial charge in [0.2, 0.25) is 5.78 Å². The second kappa shape index (κ2) is 7.43. The van der Waals surface area contributed by atoms with Crippen LogP contribution in [0.1, 0.15) is 24.5 Å². The summed E-state index contributed by atoms with van der Waals surface area (Å²) in [4.78, 5) is 42.4. The number of anilines is 1. The van der Waals surface area contributed by atoms with Crippen molar-refractivity contribution < 1.29 is 34.8 Å². The summed E-state index contributed by atoms with van der Waals surface area (Å²) in [6.07, 6.45) is 0.390. The number of ketones is 3. The molecule has 1 aromatic carbocycles. The molecule has 0 unspecified atom stereocenters. The van der Waals surface area contributed by atoms with Crippen LogP contribution in [-0.4, -0.2) is 82.5 Å². The summed E-state index contributed by atoms with van der Waals surface area (Å²) >= 11 is 0. The van der Waals surface area contributed by atoms with E-state index in [0.717, 1.165) is 12.6 Å². The maximum absolute atomic E-state index is 13.7. The minimum Gasteiger partial charge on any atom is -0.508 e. The van der Waals surface area contributed by atoms with E-state index in [1.165, 1.54) is 11.0 Å². The fourth-order valence-electron chi connectivity index (χ4n) is 5.75. The van der Waals surface area contributed by atoms with Gasteiger partial charge in [0.15, 0.2) is 17.2 Å². The van der Waals surface area contributed by atoms with Crippen LogP contribution in [0.2, 0.25) is 0 Å². The van der Waals surface area contributed by atoms with Crippen LogP contribution in [0, 0.1) is 11.8 Å². The van der Waals surface area contributed by atoms with E-state index in [0.29, 0.717) is 5.56 Å². The van der Waals surface area contributed by atoms with Gasteiger partial charge in [-0.2, -0.15) is 0 Å². The number of hydrogen-bond acceptors (Lipinski definition) is 9. The number of phenols is 1. The van der Waals surface area contributed by atoms with Crippen molar-refractivity contribution >= 4 is 28.8 Å². The van der Waals surface area contributed by atoms with Crippen molar-refractivity contribution in [1.29, 1.82) is 0 Å². The number of aliphatic hydroxyl groups excluding tert-OH is 2. The molecule has 0 saturated heterocycles. The molecule has 4 atom stereocenters. The van der Waals surface area contributed by atoms with Crippen LogP contribution in [-0.2, 0) is 20.8 Å². The monoisotopic (exact) mass is 456 g/mol. The molecule has 4 rings (SSSR count). The van der Waals surface area contributed by atoms with Crippen LogP contribution in [0.25, 0.3) is 5.76 Å². The van der Waals surface area contributed by atoms with Gasteiger partial charge in [-0.15, -0.1) is 0 Å². The molecule has 1 aromatic rings. The summed E-state index contributed by atoms with van der Waals surface area (Å²) in [5.41, 5.74) is -1.75. The summed E-state index contributed by atoms with van der Waals surface area (Å²) in [5, 5.41) is 44.1. The minimum atomic E-state index is -2.55. The smallest absolute Gasteiger partial charge is 0.202 e. The SMILES string of the molecule is CC(=O)C1=C(O)[C@@]2(O)C(=O)C3=C(O)c4c(O)ccc(N(C)C)c4C[C@H]3C[C@H]2[C@H](N(C)C)C1=O. The zero-order valence-electron chi connectivity index (χ0n) is 19.2. The van der Waals surface area contributed by atoms with Gasteiger partial charge in [0, 0.05) is 31.3 Å². The zero-order chi connectivity index (χ0) is 24.6. The predicted molar refractivity (Wildman–Crippen MR) is 120 cm³/mol. The van der Waals surface area contributed by atoms with E-state index in [-0.39, 0.29) is 29.7 Å². The van der Waals surface area contributed by atoms with Gasteiger partial charge in [0.25, 0.3) is 0 Å². The Balaban J connectivity index is 1.99. The van der Waals surface area contributed by atoms with Crippen molar-refractivity contribution in [3.63, 3.8) is 0 Å². The van der Waals surface area contributed by atoms with Crippen LogP contribution in [0.3, 0.4) is 0 Å². The lowest BCUT2D eigenvalue weighted by molar-refractivity contribution is -0.153. The van der Waals surface area contributed by atoms with Crippen molar-refractivity contribution in [3.8, 4) is 5.75 Å². The first-order chi connectivity index (χ1) is 15.3. The van der Waals surface area contributed by atoms with Crippen molar-refractivity contribution in [3.05, 3.63) is 40.2 Å². The van der Waals surface area contributed by atoms with Crippen LogP contribution >= 0.6 is 0 Å². The summed E-state index contributed by atoms with van der Waals surface area (Å²) in [7, 11) is 6.85. The number of aliphatic hydroxyl groups is 3. The van der Waals surface area contributed by atoms with Crippen molar-refractivity contribution in [2.45, 2.75) is 31.4 Å². The van der Waals surface area contributed by atoms with E-state index in [2.05, 4.69) is 0 Å². The Labute approximate surface area is 191 Å². The molecule has 176 valence electrons. The van der Waals surface area contributed by atoms with E-state index in [1.807, 2.05) is 19.0 Å². The molecule has 9 heteroatoms. The topological polar surface area (TPSA) is 139 Å². The number of benzene rings is 1. The molecule has 4 N–H and O–H groups in total. The molecule has 3 aliphatic rings. The summed E-state index contributed by atoms with van der Waals surface area (Å²) in [6, 6.07) is 2.12. The molecule has 0 aromatic heterocycles. The number of rotatable bonds is 3. The highest BCUT2D eigenvalue weighted by atomic mass is 16.3. The van der Waals surface area contributed by atoms with Crippen LogP contribution in [0.4, 0.5) is 5.69 Å². The molecule has 0 bridgehead atoms. The van der Waals surface area contributed by atoms with E-state index < -0.39 is 57.9 Å². The Hall–Kier alpha value is -3.17.